The largest absolute Gasteiger partial charge is 0.493 e. The molecular weight excluding hydrogens is 276 g/mol. The number of nitrogens with one attached hydrogen (secondary N) is 1. The summed E-state index contributed by atoms with van der Waals surface area (Å²) in [5, 5.41) is 23.1. The summed E-state index contributed by atoms with van der Waals surface area (Å²) in [5.74, 6) is -0.555. The molecule has 0 heterocycles. The van der Waals surface area contributed by atoms with Gasteiger partial charge in [-0.3, -0.25) is 20.2 Å². The van der Waals surface area contributed by atoms with Gasteiger partial charge in [0, 0.05) is 18.5 Å². The van der Waals surface area contributed by atoms with Gasteiger partial charge in [-0.15, -0.1) is 0 Å². The Hall–Kier alpha value is -2.15. The number of aliphatic carboxylic acids is 1. The fourth-order valence-electron chi connectivity index (χ4n) is 1.98. The van der Waals surface area contributed by atoms with Crippen molar-refractivity contribution in [1.82, 2.24) is 5.32 Å². The van der Waals surface area contributed by atoms with Gasteiger partial charge < -0.3 is 9.84 Å². The van der Waals surface area contributed by atoms with Crippen LogP contribution in [0.15, 0.2) is 24.3 Å². The van der Waals surface area contributed by atoms with Crippen molar-refractivity contribution in [2.75, 3.05) is 6.61 Å². The number of carbonyl (C=O) groups is 1. The van der Waals surface area contributed by atoms with Crippen molar-refractivity contribution < 1.29 is 19.6 Å². The van der Waals surface area contributed by atoms with Crippen LogP contribution >= 0.6 is 0 Å². The number of rotatable bonds is 8. The highest BCUT2D eigenvalue weighted by molar-refractivity contribution is 5.78. The van der Waals surface area contributed by atoms with Crippen LogP contribution in [0.2, 0.25) is 0 Å². The van der Waals surface area contributed by atoms with Crippen molar-refractivity contribution in [2.24, 2.45) is 0 Å². The van der Waals surface area contributed by atoms with E-state index in [1.54, 1.807) is 13.0 Å². The summed E-state index contributed by atoms with van der Waals surface area (Å²) in [5.41, 5.74) is -1.09. The Morgan fingerprint density at radius 1 is 1.57 bits per heavy atom. The van der Waals surface area contributed by atoms with E-state index in [4.69, 9.17) is 4.74 Å². The quantitative estimate of drug-likeness (QED) is 0.561. The molecule has 1 aromatic rings. The highest BCUT2D eigenvalue weighted by atomic mass is 16.6. The lowest BCUT2D eigenvalue weighted by Crippen LogP contribution is -2.51. The predicted molar refractivity (Wildman–Crippen MR) is 75.4 cm³/mol. The van der Waals surface area contributed by atoms with Crippen LogP contribution in [-0.2, 0) is 4.79 Å². The molecule has 2 N–H and O–H groups in total. The summed E-state index contributed by atoms with van der Waals surface area (Å²) in [4.78, 5) is 21.5. The normalized spacial score (nSPS) is 17.0. The maximum atomic E-state index is 11.4. The number of carboxylic acids is 1. The van der Waals surface area contributed by atoms with Crippen LogP contribution in [0.4, 0.5) is 5.69 Å². The number of hydrogen-bond acceptors (Lipinski definition) is 5. The highest BCUT2D eigenvalue weighted by Gasteiger charge is 2.38. The van der Waals surface area contributed by atoms with E-state index in [1.165, 1.54) is 18.2 Å². The van der Waals surface area contributed by atoms with Crippen LogP contribution in [0.25, 0.3) is 0 Å². The molecule has 1 fully saturated rings. The molecule has 1 unspecified atom stereocenters. The number of nitro benzene ring substituents is 1. The Bertz CT molecular complexity index is 544. The molecule has 0 bridgehead atoms. The molecule has 1 aliphatic rings. The van der Waals surface area contributed by atoms with Gasteiger partial charge in [0.2, 0.25) is 0 Å². The summed E-state index contributed by atoms with van der Waals surface area (Å²) in [7, 11) is 0. The molecule has 0 amide bonds. The van der Waals surface area contributed by atoms with E-state index in [0.29, 0.717) is 5.75 Å². The van der Waals surface area contributed by atoms with Gasteiger partial charge in [-0.2, -0.15) is 0 Å². The summed E-state index contributed by atoms with van der Waals surface area (Å²) >= 11 is 0. The zero-order valence-electron chi connectivity index (χ0n) is 11.7. The summed E-state index contributed by atoms with van der Waals surface area (Å²) < 4.78 is 5.44. The van der Waals surface area contributed by atoms with Gasteiger partial charge in [0.25, 0.3) is 5.69 Å². The standard InChI is InChI=1S/C14H18N2O5/c1-14(13(17)18,15-10-5-6-10)7-8-21-12-4-2-3-11(9-12)16(19)20/h2-4,9-10,15H,5-8H2,1H3,(H,17,18). The average molecular weight is 294 g/mol. The third-order valence-electron chi connectivity index (χ3n) is 3.47. The Morgan fingerprint density at radius 3 is 2.86 bits per heavy atom. The second kappa shape index (κ2) is 6.09. The minimum atomic E-state index is -1.04. The Labute approximate surface area is 122 Å². The Kier molecular flexibility index (Phi) is 4.42. The van der Waals surface area contributed by atoms with Gasteiger partial charge in [-0.05, 0) is 25.8 Å². The maximum absolute atomic E-state index is 11.4. The van der Waals surface area contributed by atoms with Crippen LogP contribution in [0, 0.1) is 10.1 Å². The van der Waals surface area contributed by atoms with E-state index < -0.39 is 16.4 Å². The molecule has 0 aliphatic heterocycles. The smallest absolute Gasteiger partial charge is 0.323 e. The van der Waals surface area contributed by atoms with Crippen LogP contribution in [0.3, 0.4) is 0 Å². The van der Waals surface area contributed by atoms with E-state index >= 15 is 0 Å². The minimum absolute atomic E-state index is 0.0513. The van der Waals surface area contributed by atoms with Crippen molar-refractivity contribution in [3.05, 3.63) is 34.4 Å². The molecule has 114 valence electrons. The topological polar surface area (TPSA) is 102 Å². The average Bonchev–Trinajstić information content (AvgIpc) is 3.22. The molecule has 0 saturated heterocycles. The second-order valence-corrected chi connectivity index (χ2v) is 5.41. The molecular formula is C14H18N2O5. The molecule has 0 aromatic heterocycles. The lowest BCUT2D eigenvalue weighted by Gasteiger charge is -2.26. The van der Waals surface area contributed by atoms with Crippen LogP contribution in [0.5, 0.6) is 5.75 Å². The van der Waals surface area contributed by atoms with Crippen LogP contribution < -0.4 is 10.1 Å². The molecule has 2 rings (SSSR count). The molecule has 7 nitrogen and oxygen atoms in total. The number of carboxylic acid groups (broad SMARTS) is 1. The number of ether oxygens (including phenoxy) is 1. The first-order valence-corrected chi connectivity index (χ1v) is 6.79. The van der Waals surface area contributed by atoms with Gasteiger partial charge >= 0.3 is 5.97 Å². The predicted octanol–water partition coefficient (Wildman–Crippen LogP) is 1.96. The number of hydrogen-bond donors (Lipinski definition) is 2. The molecule has 1 aliphatic carbocycles. The van der Waals surface area contributed by atoms with Gasteiger partial charge in [0.05, 0.1) is 17.6 Å². The molecule has 1 atom stereocenters. The summed E-state index contributed by atoms with van der Waals surface area (Å²) in [6, 6.07) is 6.12. The third-order valence-corrected chi connectivity index (χ3v) is 3.47. The lowest BCUT2D eigenvalue weighted by molar-refractivity contribution is -0.384. The fourth-order valence-corrected chi connectivity index (χ4v) is 1.98. The summed E-state index contributed by atoms with van der Waals surface area (Å²) in [6.07, 6.45) is 2.27. The Balaban J connectivity index is 1.91. The monoisotopic (exact) mass is 294 g/mol. The first-order valence-electron chi connectivity index (χ1n) is 6.79. The van der Waals surface area contributed by atoms with Crippen molar-refractivity contribution in [2.45, 2.75) is 37.8 Å². The number of benzene rings is 1. The zero-order chi connectivity index (χ0) is 15.5. The van der Waals surface area contributed by atoms with Crippen molar-refractivity contribution >= 4 is 11.7 Å². The number of non-ortho nitro benzene ring substituents is 1. The van der Waals surface area contributed by atoms with Gasteiger partial charge in [0.1, 0.15) is 11.3 Å². The van der Waals surface area contributed by atoms with Crippen LogP contribution in [-0.4, -0.2) is 34.2 Å². The lowest BCUT2D eigenvalue weighted by atomic mass is 9.98. The molecule has 0 radical (unpaired) electrons. The van der Waals surface area contributed by atoms with E-state index in [2.05, 4.69) is 5.32 Å². The summed E-state index contributed by atoms with van der Waals surface area (Å²) in [6.45, 7) is 1.80. The maximum Gasteiger partial charge on any atom is 0.323 e. The van der Waals surface area contributed by atoms with E-state index in [1.807, 2.05) is 0 Å². The van der Waals surface area contributed by atoms with E-state index in [-0.39, 0.29) is 24.8 Å². The van der Waals surface area contributed by atoms with Gasteiger partial charge in [-0.1, -0.05) is 6.07 Å². The number of nitro groups is 1. The molecule has 7 heteroatoms. The highest BCUT2D eigenvalue weighted by Crippen LogP contribution is 2.25. The molecule has 21 heavy (non-hydrogen) atoms. The first-order chi connectivity index (χ1) is 9.90. The second-order valence-electron chi connectivity index (χ2n) is 5.41. The zero-order valence-corrected chi connectivity index (χ0v) is 11.7. The van der Waals surface area contributed by atoms with E-state index in [0.717, 1.165) is 12.8 Å². The number of nitrogens with zero attached hydrogens (tertiary/aromatic N) is 1. The minimum Gasteiger partial charge on any atom is -0.493 e. The third kappa shape index (κ3) is 4.16. The van der Waals surface area contributed by atoms with Gasteiger partial charge in [0.15, 0.2) is 0 Å². The fraction of sp³-hybridized carbons (Fsp3) is 0.500. The van der Waals surface area contributed by atoms with Gasteiger partial charge in [-0.25, -0.2) is 0 Å². The van der Waals surface area contributed by atoms with Crippen molar-refractivity contribution in [1.29, 1.82) is 0 Å². The SMILES string of the molecule is CC(CCOc1cccc([N+](=O)[O-])c1)(NC1CC1)C(=O)O. The van der Waals surface area contributed by atoms with Crippen molar-refractivity contribution in [3.8, 4) is 5.75 Å². The first kappa shape index (κ1) is 15.2. The Morgan fingerprint density at radius 2 is 2.29 bits per heavy atom. The molecule has 1 saturated carbocycles. The van der Waals surface area contributed by atoms with Crippen LogP contribution in [0.1, 0.15) is 26.2 Å². The molecule has 1 aromatic carbocycles. The molecule has 0 spiro atoms. The van der Waals surface area contributed by atoms with Crippen molar-refractivity contribution in [3.63, 3.8) is 0 Å². The van der Waals surface area contributed by atoms with E-state index in [9.17, 15) is 20.0 Å².